The summed E-state index contributed by atoms with van der Waals surface area (Å²) in [6.07, 6.45) is 3.49. The third-order valence-corrected chi connectivity index (χ3v) is 7.33. The summed E-state index contributed by atoms with van der Waals surface area (Å²) in [5, 5.41) is 21.3. The fourth-order valence-corrected chi connectivity index (χ4v) is 5.46. The first-order chi connectivity index (χ1) is 13.7. The highest BCUT2D eigenvalue weighted by molar-refractivity contribution is 7.51. The smallest absolute Gasteiger partial charge is 0.390 e. The van der Waals surface area contributed by atoms with Gasteiger partial charge in [-0.1, -0.05) is 0 Å². The predicted octanol–water partition coefficient (Wildman–Crippen LogP) is 0.206. The van der Waals surface area contributed by atoms with Gasteiger partial charge in [0.25, 0.3) is 0 Å². The van der Waals surface area contributed by atoms with E-state index >= 15 is 0 Å². The summed E-state index contributed by atoms with van der Waals surface area (Å²) < 4.78 is 20.3. The van der Waals surface area contributed by atoms with Gasteiger partial charge in [0.1, 0.15) is 17.9 Å². The molecule has 14 heteroatoms. The Labute approximate surface area is 168 Å². The maximum absolute atomic E-state index is 12.4. The van der Waals surface area contributed by atoms with Gasteiger partial charge in [0.15, 0.2) is 11.5 Å². The molecule has 0 radical (unpaired) electrons. The van der Waals surface area contributed by atoms with E-state index < -0.39 is 31.4 Å². The molecule has 154 valence electrons. The van der Waals surface area contributed by atoms with Gasteiger partial charge < -0.3 is 25.4 Å². The van der Waals surface area contributed by atoms with Gasteiger partial charge in [0.2, 0.25) is 5.28 Å². The van der Waals surface area contributed by atoms with E-state index in [1.54, 1.807) is 4.57 Å². The van der Waals surface area contributed by atoms with Gasteiger partial charge in [-0.25, -0.2) is 18.9 Å². The molecule has 0 spiro atoms. The highest BCUT2D eigenvalue weighted by Crippen LogP contribution is 2.68. The van der Waals surface area contributed by atoms with Crippen molar-refractivity contribution in [2.24, 2.45) is 11.3 Å². The van der Waals surface area contributed by atoms with E-state index in [4.69, 9.17) is 21.9 Å². The monoisotopic (exact) mass is 441 g/mol. The number of halogens is 1. The molecule has 29 heavy (non-hydrogen) atoms. The zero-order chi connectivity index (χ0) is 20.6. The minimum Gasteiger partial charge on any atom is -0.390 e. The molecule has 6 atom stereocenters. The molecular weight excluding hydrogens is 425 g/mol. The molecule has 12 nitrogen and oxygen atoms in total. The molecule has 1 unspecified atom stereocenters. The van der Waals surface area contributed by atoms with Gasteiger partial charge in [0.05, 0.1) is 25.1 Å². The SMILES string of the molecule is Nc1nc(Cl)nc2c1ncn2[C@H]1[C@H](O)[C@H](O)[C@]2(COP(=O)(O)n3ccnc3)C[C@H]12. The standard InChI is InChI=1S/C15H17ClN7O5P/c16-14-20-12(17)8-13(21-14)23(6-19-8)9-7-3-15(7,11(25)10(9)24)4-28-29(26,27)22-2-1-18-5-22/h1-2,5-7,9-11,24-25H,3-4H2,(H,26,27)(H2,17,20,21)/t7-,9-,10+,11+,15+/m1/s1. The molecule has 3 aromatic rings. The van der Waals surface area contributed by atoms with E-state index in [1.165, 1.54) is 25.0 Å². The number of rotatable bonds is 5. The number of nitrogens with two attached hydrogens (primary N) is 1. The number of imidazole rings is 2. The maximum Gasteiger partial charge on any atom is 0.437 e. The molecule has 2 saturated carbocycles. The van der Waals surface area contributed by atoms with Crippen LogP contribution in [0.4, 0.5) is 5.82 Å². The Balaban J connectivity index is 1.44. The molecule has 0 saturated heterocycles. The molecule has 3 heterocycles. The van der Waals surface area contributed by atoms with Crippen molar-refractivity contribution in [1.82, 2.24) is 28.8 Å². The van der Waals surface area contributed by atoms with Crippen LogP contribution in [0.25, 0.3) is 11.2 Å². The number of hydrogen-bond acceptors (Lipinski definition) is 9. The lowest BCUT2D eigenvalue weighted by atomic mass is 10.0. The molecule has 0 aromatic carbocycles. The minimum absolute atomic E-state index is 0.0586. The average molecular weight is 442 g/mol. The summed E-state index contributed by atoms with van der Waals surface area (Å²) in [7, 11) is -4.16. The molecule has 0 amide bonds. The quantitative estimate of drug-likeness (QED) is 0.316. The summed E-state index contributed by atoms with van der Waals surface area (Å²) in [4.78, 5) is 26.1. The second-order valence-corrected chi connectivity index (χ2v) is 9.42. The van der Waals surface area contributed by atoms with Crippen molar-refractivity contribution in [2.75, 3.05) is 12.3 Å². The van der Waals surface area contributed by atoms with Crippen LogP contribution in [0.1, 0.15) is 12.5 Å². The Morgan fingerprint density at radius 2 is 2.17 bits per heavy atom. The van der Waals surface area contributed by atoms with Crippen molar-refractivity contribution in [1.29, 1.82) is 0 Å². The molecule has 2 aliphatic rings. The lowest BCUT2D eigenvalue weighted by Crippen LogP contribution is -2.36. The van der Waals surface area contributed by atoms with Crippen LogP contribution in [0.15, 0.2) is 25.0 Å². The largest absolute Gasteiger partial charge is 0.437 e. The van der Waals surface area contributed by atoms with Crippen molar-refractivity contribution < 1.29 is 24.2 Å². The van der Waals surface area contributed by atoms with Crippen molar-refractivity contribution in [3.8, 4) is 0 Å². The average Bonchev–Trinajstić information content (AvgIpc) is 3.03. The van der Waals surface area contributed by atoms with Gasteiger partial charge in [0, 0.05) is 17.8 Å². The zero-order valence-corrected chi connectivity index (χ0v) is 16.4. The Bertz CT molecular complexity index is 1140. The third-order valence-electron chi connectivity index (χ3n) is 5.88. The minimum atomic E-state index is -4.16. The first-order valence-corrected chi connectivity index (χ1v) is 10.6. The maximum atomic E-state index is 12.4. The van der Waals surface area contributed by atoms with E-state index in [2.05, 4.69) is 19.9 Å². The van der Waals surface area contributed by atoms with Crippen LogP contribution in [0.3, 0.4) is 0 Å². The van der Waals surface area contributed by atoms with E-state index in [0.717, 1.165) is 4.34 Å². The van der Waals surface area contributed by atoms with Crippen LogP contribution in [-0.4, -0.2) is 62.8 Å². The second-order valence-electron chi connectivity index (χ2n) is 7.38. The number of nitrogen functional groups attached to an aromatic ring is 1. The normalized spacial score (nSPS) is 33.0. The van der Waals surface area contributed by atoms with Crippen LogP contribution in [-0.2, 0) is 9.09 Å². The van der Waals surface area contributed by atoms with Gasteiger partial charge in [-0.2, -0.15) is 9.97 Å². The molecule has 0 aliphatic heterocycles. The van der Waals surface area contributed by atoms with Gasteiger partial charge >= 0.3 is 7.75 Å². The zero-order valence-electron chi connectivity index (χ0n) is 14.8. The highest BCUT2D eigenvalue weighted by Gasteiger charge is 2.72. The van der Waals surface area contributed by atoms with Crippen molar-refractivity contribution >= 4 is 36.3 Å². The number of hydrogen-bond donors (Lipinski definition) is 4. The second kappa shape index (κ2) is 6.21. The lowest BCUT2D eigenvalue weighted by molar-refractivity contribution is -0.0284. The topological polar surface area (TPSA) is 174 Å². The Kier molecular flexibility index (Phi) is 4.05. The van der Waals surface area contributed by atoms with Crippen LogP contribution < -0.4 is 5.73 Å². The summed E-state index contributed by atoms with van der Waals surface area (Å²) >= 11 is 5.91. The van der Waals surface area contributed by atoms with Crippen LogP contribution in [0, 0.1) is 11.3 Å². The highest BCUT2D eigenvalue weighted by atomic mass is 35.5. The van der Waals surface area contributed by atoms with Crippen molar-refractivity contribution in [3.63, 3.8) is 0 Å². The van der Waals surface area contributed by atoms with E-state index in [-0.39, 0.29) is 23.6 Å². The predicted molar refractivity (Wildman–Crippen MR) is 99.7 cm³/mol. The lowest BCUT2D eigenvalue weighted by Gasteiger charge is -2.24. The Morgan fingerprint density at radius 3 is 2.90 bits per heavy atom. The summed E-state index contributed by atoms with van der Waals surface area (Å²) in [5.41, 5.74) is 5.66. The first kappa shape index (κ1) is 18.9. The number of fused-ring (bicyclic) bond motifs is 2. The molecule has 5 N–H and O–H groups in total. The molecule has 5 rings (SSSR count). The number of aliphatic hydroxyl groups excluding tert-OH is 2. The number of aromatic nitrogens is 6. The summed E-state index contributed by atoms with van der Waals surface area (Å²) in [6, 6.07) is -0.574. The third kappa shape index (κ3) is 2.71. The van der Waals surface area contributed by atoms with Gasteiger partial charge in [-0.15, -0.1) is 0 Å². The fourth-order valence-electron chi connectivity index (χ4n) is 4.33. The van der Waals surface area contributed by atoms with E-state index in [9.17, 15) is 19.7 Å². The van der Waals surface area contributed by atoms with Crippen molar-refractivity contribution in [3.05, 3.63) is 30.3 Å². The van der Waals surface area contributed by atoms with Gasteiger partial charge in [-0.05, 0) is 23.9 Å². The molecule has 2 fully saturated rings. The van der Waals surface area contributed by atoms with E-state index in [1.807, 2.05) is 0 Å². The van der Waals surface area contributed by atoms with Crippen LogP contribution in [0.5, 0.6) is 0 Å². The van der Waals surface area contributed by atoms with Crippen LogP contribution >= 0.6 is 19.3 Å². The molecule has 3 aromatic heterocycles. The fraction of sp³-hybridized carbons (Fsp3) is 0.467. The number of nitrogens with zero attached hydrogens (tertiary/aromatic N) is 6. The molecular formula is C15H17ClN7O5P. The number of aliphatic hydroxyl groups is 2. The van der Waals surface area contributed by atoms with E-state index in [0.29, 0.717) is 17.6 Å². The molecule has 2 aliphatic carbocycles. The summed E-state index contributed by atoms with van der Waals surface area (Å²) in [6.45, 7) is -0.205. The number of anilines is 1. The molecule has 0 bridgehead atoms. The Hall–Kier alpha value is -2.08. The van der Waals surface area contributed by atoms with Gasteiger partial charge in [-0.3, -0.25) is 4.52 Å². The van der Waals surface area contributed by atoms with Crippen molar-refractivity contribution in [2.45, 2.75) is 24.7 Å². The van der Waals surface area contributed by atoms with Crippen LogP contribution in [0.2, 0.25) is 5.28 Å². The first-order valence-electron chi connectivity index (χ1n) is 8.72. The summed E-state index contributed by atoms with van der Waals surface area (Å²) in [5.74, 6) is -0.110. The Morgan fingerprint density at radius 1 is 1.38 bits per heavy atom.